The molecule has 0 atom stereocenters. The number of nitrogens with zero attached hydrogens (tertiary/aromatic N) is 2. The molecule has 0 amide bonds. The standard InChI is InChI=1S/C5H3IN2O3/c6-3-1-5(8(10)11)7-2-4(3)9/h1-2,9H. The van der Waals surface area contributed by atoms with E-state index in [1.807, 2.05) is 0 Å². The summed E-state index contributed by atoms with van der Waals surface area (Å²) in [7, 11) is 0. The van der Waals surface area contributed by atoms with Crippen molar-refractivity contribution in [1.29, 1.82) is 0 Å². The lowest BCUT2D eigenvalue weighted by atomic mass is 10.4. The molecule has 1 N–H and O–H groups in total. The minimum Gasteiger partial charge on any atom is -0.503 e. The first-order chi connectivity index (χ1) is 5.11. The van der Waals surface area contributed by atoms with Gasteiger partial charge in [-0.15, -0.1) is 0 Å². The van der Waals surface area contributed by atoms with Gasteiger partial charge < -0.3 is 15.2 Å². The fraction of sp³-hybridized carbons (Fsp3) is 0. The Labute approximate surface area is 75.4 Å². The Hall–Kier alpha value is -0.920. The first-order valence-corrected chi connectivity index (χ1v) is 3.68. The molecule has 0 aliphatic carbocycles. The van der Waals surface area contributed by atoms with E-state index in [-0.39, 0.29) is 11.6 Å². The molecular weight excluding hydrogens is 263 g/mol. The van der Waals surface area contributed by atoms with E-state index in [9.17, 15) is 10.1 Å². The molecule has 11 heavy (non-hydrogen) atoms. The van der Waals surface area contributed by atoms with Crippen molar-refractivity contribution in [3.05, 3.63) is 25.9 Å². The van der Waals surface area contributed by atoms with Crippen LogP contribution in [0.1, 0.15) is 0 Å². The van der Waals surface area contributed by atoms with Crippen molar-refractivity contribution in [2.24, 2.45) is 0 Å². The van der Waals surface area contributed by atoms with E-state index in [2.05, 4.69) is 4.98 Å². The van der Waals surface area contributed by atoms with Gasteiger partial charge in [0.15, 0.2) is 11.9 Å². The summed E-state index contributed by atoms with van der Waals surface area (Å²) in [6, 6.07) is 1.20. The molecule has 58 valence electrons. The van der Waals surface area contributed by atoms with Crippen LogP contribution in [-0.4, -0.2) is 15.0 Å². The number of hydrogen-bond acceptors (Lipinski definition) is 4. The van der Waals surface area contributed by atoms with Crippen LogP contribution < -0.4 is 0 Å². The Morgan fingerprint density at radius 2 is 2.36 bits per heavy atom. The Balaban J connectivity index is 3.15. The molecule has 0 aliphatic rings. The van der Waals surface area contributed by atoms with Gasteiger partial charge in [0, 0.05) is 0 Å². The van der Waals surface area contributed by atoms with E-state index in [1.54, 1.807) is 22.6 Å². The van der Waals surface area contributed by atoms with Crippen molar-refractivity contribution in [3.8, 4) is 5.75 Å². The Kier molecular flexibility index (Phi) is 2.22. The first kappa shape index (κ1) is 8.18. The van der Waals surface area contributed by atoms with Gasteiger partial charge >= 0.3 is 5.82 Å². The molecule has 0 aliphatic heterocycles. The monoisotopic (exact) mass is 266 g/mol. The van der Waals surface area contributed by atoms with Gasteiger partial charge in [-0.05, 0) is 32.5 Å². The number of hydrogen-bond donors (Lipinski definition) is 1. The summed E-state index contributed by atoms with van der Waals surface area (Å²) in [4.78, 5) is 12.9. The molecule has 0 fully saturated rings. The van der Waals surface area contributed by atoms with Crippen LogP contribution in [0, 0.1) is 13.7 Å². The molecule has 0 saturated carbocycles. The summed E-state index contributed by atoms with van der Waals surface area (Å²) in [5, 5.41) is 19.1. The maximum Gasteiger partial charge on any atom is 0.364 e. The zero-order valence-electron chi connectivity index (χ0n) is 5.19. The first-order valence-electron chi connectivity index (χ1n) is 2.60. The number of nitro groups is 1. The lowest BCUT2D eigenvalue weighted by Gasteiger charge is -1.93. The van der Waals surface area contributed by atoms with Gasteiger partial charge in [0.05, 0.1) is 9.64 Å². The van der Waals surface area contributed by atoms with Crippen LogP contribution in [0.4, 0.5) is 5.82 Å². The molecule has 0 radical (unpaired) electrons. The van der Waals surface area contributed by atoms with Crippen molar-refractivity contribution in [2.75, 3.05) is 0 Å². The normalized spacial score (nSPS) is 9.55. The van der Waals surface area contributed by atoms with Crippen molar-refractivity contribution in [3.63, 3.8) is 0 Å². The molecule has 0 bridgehead atoms. The highest BCUT2D eigenvalue weighted by atomic mass is 127. The van der Waals surface area contributed by atoms with Crippen LogP contribution in [-0.2, 0) is 0 Å². The van der Waals surface area contributed by atoms with E-state index in [0.29, 0.717) is 3.57 Å². The average Bonchev–Trinajstić information content (AvgIpc) is 1.94. The van der Waals surface area contributed by atoms with Gasteiger partial charge in [-0.1, -0.05) is 0 Å². The molecule has 1 rings (SSSR count). The second-order valence-electron chi connectivity index (χ2n) is 1.75. The second-order valence-corrected chi connectivity index (χ2v) is 2.91. The van der Waals surface area contributed by atoms with Crippen molar-refractivity contribution in [1.82, 2.24) is 4.98 Å². The highest BCUT2D eigenvalue weighted by molar-refractivity contribution is 14.1. The Morgan fingerprint density at radius 3 is 2.82 bits per heavy atom. The van der Waals surface area contributed by atoms with Crippen LogP contribution >= 0.6 is 22.6 Å². The molecule has 0 aromatic carbocycles. The van der Waals surface area contributed by atoms with Crippen LogP contribution in [0.5, 0.6) is 5.75 Å². The molecule has 6 heteroatoms. The predicted octanol–water partition coefficient (Wildman–Crippen LogP) is 1.30. The SMILES string of the molecule is O=[N+]([O-])c1cc(I)c(O)cn1. The van der Waals surface area contributed by atoms with Crippen molar-refractivity contribution >= 4 is 28.4 Å². The van der Waals surface area contributed by atoms with Gasteiger partial charge in [-0.2, -0.15) is 0 Å². The Morgan fingerprint density at radius 1 is 1.73 bits per heavy atom. The third-order valence-corrected chi connectivity index (χ3v) is 1.87. The number of rotatable bonds is 1. The van der Waals surface area contributed by atoms with E-state index in [4.69, 9.17) is 5.11 Å². The maximum atomic E-state index is 10.1. The number of pyridine rings is 1. The highest BCUT2D eigenvalue weighted by Crippen LogP contribution is 2.20. The van der Waals surface area contributed by atoms with Crippen LogP contribution in [0.2, 0.25) is 0 Å². The van der Waals surface area contributed by atoms with E-state index in [0.717, 1.165) is 6.20 Å². The average molecular weight is 266 g/mol. The van der Waals surface area contributed by atoms with Crippen molar-refractivity contribution in [2.45, 2.75) is 0 Å². The second kappa shape index (κ2) is 2.99. The van der Waals surface area contributed by atoms with Gasteiger partial charge in [0.1, 0.15) is 0 Å². The van der Waals surface area contributed by atoms with E-state index >= 15 is 0 Å². The number of aromatic hydroxyl groups is 1. The fourth-order valence-electron chi connectivity index (χ4n) is 0.513. The lowest BCUT2D eigenvalue weighted by molar-refractivity contribution is -0.389. The summed E-state index contributed by atoms with van der Waals surface area (Å²) in [6.45, 7) is 0. The topological polar surface area (TPSA) is 76.3 Å². The van der Waals surface area contributed by atoms with Crippen LogP contribution in [0.3, 0.4) is 0 Å². The molecule has 1 aromatic heterocycles. The summed E-state index contributed by atoms with van der Waals surface area (Å²) >= 11 is 1.79. The maximum absolute atomic E-state index is 10.1. The molecule has 1 aromatic rings. The summed E-state index contributed by atoms with van der Waals surface area (Å²) < 4.78 is 0.421. The minimum absolute atomic E-state index is 0.0452. The van der Waals surface area contributed by atoms with Gasteiger partial charge in [-0.3, -0.25) is 0 Å². The molecular formula is C5H3IN2O3. The summed E-state index contributed by atoms with van der Waals surface area (Å²) in [6.07, 6.45) is 1.06. The zero-order valence-corrected chi connectivity index (χ0v) is 7.35. The summed E-state index contributed by atoms with van der Waals surface area (Å²) in [5.41, 5.74) is 0. The van der Waals surface area contributed by atoms with Crippen LogP contribution in [0.25, 0.3) is 0 Å². The van der Waals surface area contributed by atoms with Gasteiger partial charge in [-0.25, -0.2) is 0 Å². The third-order valence-electron chi connectivity index (χ3n) is 1.01. The third kappa shape index (κ3) is 1.76. The van der Waals surface area contributed by atoms with Gasteiger partial charge in [0.25, 0.3) is 0 Å². The quantitative estimate of drug-likeness (QED) is 0.472. The van der Waals surface area contributed by atoms with E-state index < -0.39 is 4.92 Å². The highest BCUT2D eigenvalue weighted by Gasteiger charge is 2.09. The van der Waals surface area contributed by atoms with Crippen LogP contribution in [0.15, 0.2) is 12.3 Å². The number of aromatic nitrogens is 1. The molecule has 1 heterocycles. The molecule has 5 nitrogen and oxygen atoms in total. The summed E-state index contributed by atoms with van der Waals surface area (Å²) in [5.74, 6) is -0.302. The van der Waals surface area contributed by atoms with E-state index in [1.165, 1.54) is 6.07 Å². The molecule has 0 unspecified atom stereocenters. The minimum atomic E-state index is -0.610. The zero-order chi connectivity index (χ0) is 8.43. The number of halogens is 1. The fourth-order valence-corrected chi connectivity index (χ4v) is 0.931. The predicted molar refractivity (Wildman–Crippen MR) is 45.3 cm³/mol. The van der Waals surface area contributed by atoms with Crippen molar-refractivity contribution < 1.29 is 10.0 Å². The molecule has 0 spiro atoms. The molecule has 0 saturated heterocycles. The lowest BCUT2D eigenvalue weighted by Crippen LogP contribution is -1.91. The largest absolute Gasteiger partial charge is 0.503 e. The van der Waals surface area contributed by atoms with Gasteiger partial charge in [0.2, 0.25) is 0 Å². The smallest absolute Gasteiger partial charge is 0.364 e. The Bertz CT molecular complexity index is 302.